The summed E-state index contributed by atoms with van der Waals surface area (Å²) in [6.45, 7) is 2.14. The Kier molecular flexibility index (Phi) is 15.9. The Morgan fingerprint density at radius 1 is 0.692 bits per heavy atom. The number of carbonyl (C=O) groups is 8. The van der Waals surface area contributed by atoms with Crippen molar-refractivity contribution in [3.05, 3.63) is 71.9 Å². The van der Waals surface area contributed by atoms with Gasteiger partial charge in [0.05, 0.1) is 19.4 Å². The molecule has 3 aliphatic heterocycles. The highest BCUT2D eigenvalue weighted by Crippen LogP contribution is 2.21. The fourth-order valence-corrected chi connectivity index (χ4v) is 7.85. The summed E-state index contributed by atoms with van der Waals surface area (Å²) < 4.78 is 5.37. The standard InChI is InChI=1S/C43H55N9O13/c1-20(2)12-25-37(59)50-29(16-33(55)52-43-36(58)35(57)34(56)31(19-53)65-43)41(63)49-28-15-32(54)45-18-30(42(64)46-25)51-38(60)26(13-21-8-4-3-5-9-21)47-39(61)27(48-40(28)62)14-22-17-44-24-11-7-6-10-23(22)24/h3-11,17,20,25-31,34-36,43-44,53,56-58H,12-16,18-19H2,1-2H3,(H,45,54)(H,46,64)(H,47,61)(H,48,62)(H,49,63)(H,50,59)(H,51,60)(H,52,55)/t25-,26-,27-,28+,29-,30+,31+,34+,35-,36-,43+/m0/s1. The topological polar surface area (TPSA) is 339 Å². The summed E-state index contributed by atoms with van der Waals surface area (Å²) in [5, 5.41) is 61.6. The van der Waals surface area contributed by atoms with Gasteiger partial charge < -0.3 is 72.7 Å². The molecule has 2 aromatic carbocycles. The number of hydrogen-bond donors (Lipinski definition) is 13. The maximum absolute atomic E-state index is 14.4. The van der Waals surface area contributed by atoms with Gasteiger partial charge in [-0.25, -0.2) is 0 Å². The highest BCUT2D eigenvalue weighted by molar-refractivity contribution is 6.01. The molecule has 3 aromatic rings. The normalized spacial score (nSPS) is 29.7. The molecule has 0 unspecified atom stereocenters. The zero-order valence-electron chi connectivity index (χ0n) is 35.6. The second-order valence-corrected chi connectivity index (χ2v) is 16.8. The van der Waals surface area contributed by atoms with Crippen LogP contribution in [0.15, 0.2) is 60.8 Å². The van der Waals surface area contributed by atoms with Crippen LogP contribution in [0.1, 0.15) is 44.2 Å². The number of amides is 8. The van der Waals surface area contributed by atoms with Crippen LogP contribution in [-0.4, -0.2) is 153 Å². The molecular weight excluding hydrogens is 851 g/mol. The van der Waals surface area contributed by atoms with Crippen molar-refractivity contribution in [3.63, 3.8) is 0 Å². The highest BCUT2D eigenvalue weighted by Gasteiger charge is 2.45. The van der Waals surface area contributed by atoms with Gasteiger partial charge in [-0.2, -0.15) is 0 Å². The van der Waals surface area contributed by atoms with Gasteiger partial charge in [-0.1, -0.05) is 62.4 Å². The summed E-state index contributed by atoms with van der Waals surface area (Å²) >= 11 is 0. The third-order valence-corrected chi connectivity index (χ3v) is 11.4. The molecule has 1 aromatic heterocycles. The molecule has 0 saturated carbocycles. The number of benzene rings is 2. The van der Waals surface area contributed by atoms with Crippen LogP contribution in [0.2, 0.25) is 0 Å². The number of para-hydroxylation sites is 1. The number of aliphatic hydroxyl groups excluding tert-OH is 4. The lowest BCUT2D eigenvalue weighted by Gasteiger charge is -2.40. The molecule has 3 aliphatic rings. The number of aliphatic hydroxyl groups is 4. The molecule has 0 radical (unpaired) electrons. The van der Waals surface area contributed by atoms with Crippen molar-refractivity contribution in [3.8, 4) is 0 Å². The van der Waals surface area contributed by atoms with E-state index < -0.39 is 140 Å². The molecule has 11 atom stereocenters. The monoisotopic (exact) mass is 905 g/mol. The lowest BCUT2D eigenvalue weighted by Crippen LogP contribution is -2.65. The number of hydrogen-bond acceptors (Lipinski definition) is 13. The van der Waals surface area contributed by atoms with E-state index in [0.717, 1.165) is 10.9 Å². The Bertz CT molecular complexity index is 2240. The molecular formula is C43H55N9O13. The number of fused-ring (bicyclic) bond motifs is 6. The zero-order valence-corrected chi connectivity index (χ0v) is 35.6. The number of rotatable bonds is 10. The molecule has 22 nitrogen and oxygen atoms in total. The molecule has 13 N–H and O–H groups in total. The fraction of sp³-hybridized carbons (Fsp3) is 0.488. The van der Waals surface area contributed by atoms with Crippen molar-refractivity contribution in [2.45, 2.75) is 113 Å². The third kappa shape index (κ3) is 12.2. The maximum Gasteiger partial charge on any atom is 0.245 e. The molecule has 3 saturated heterocycles. The molecule has 0 spiro atoms. The second-order valence-electron chi connectivity index (χ2n) is 16.8. The lowest BCUT2D eigenvalue weighted by atomic mass is 9.98. The molecule has 2 bridgehead atoms. The first kappa shape index (κ1) is 48.0. The molecule has 65 heavy (non-hydrogen) atoms. The van der Waals surface area contributed by atoms with Gasteiger partial charge in [-0.3, -0.25) is 38.4 Å². The van der Waals surface area contributed by atoms with Crippen LogP contribution in [0.4, 0.5) is 0 Å². The smallest absolute Gasteiger partial charge is 0.245 e. The van der Waals surface area contributed by atoms with Crippen LogP contribution in [0.25, 0.3) is 10.9 Å². The van der Waals surface area contributed by atoms with Crippen molar-refractivity contribution < 1.29 is 63.5 Å². The quantitative estimate of drug-likeness (QED) is 0.0919. The van der Waals surface area contributed by atoms with Gasteiger partial charge in [-0.15, -0.1) is 0 Å². The predicted molar refractivity (Wildman–Crippen MR) is 227 cm³/mol. The Morgan fingerprint density at radius 3 is 2.00 bits per heavy atom. The molecule has 6 rings (SSSR count). The number of ether oxygens (including phenoxy) is 1. The number of aromatic nitrogens is 1. The Hall–Kier alpha value is -6.46. The van der Waals surface area contributed by atoms with Crippen molar-refractivity contribution >= 4 is 58.2 Å². The highest BCUT2D eigenvalue weighted by atomic mass is 16.6. The van der Waals surface area contributed by atoms with Crippen LogP contribution in [-0.2, 0) is 55.9 Å². The van der Waals surface area contributed by atoms with E-state index in [1.807, 2.05) is 0 Å². The summed E-state index contributed by atoms with van der Waals surface area (Å²) in [5.41, 5.74) is 1.95. The Balaban J connectivity index is 1.38. The van der Waals surface area contributed by atoms with Crippen LogP contribution < -0.4 is 42.5 Å². The molecule has 22 heteroatoms. The van der Waals surface area contributed by atoms with Gasteiger partial charge >= 0.3 is 0 Å². The van der Waals surface area contributed by atoms with E-state index in [9.17, 15) is 58.8 Å². The van der Waals surface area contributed by atoms with Crippen LogP contribution in [0.3, 0.4) is 0 Å². The summed E-state index contributed by atoms with van der Waals surface area (Å²) in [4.78, 5) is 116. The predicted octanol–water partition coefficient (Wildman–Crippen LogP) is -4.25. The van der Waals surface area contributed by atoms with Gasteiger partial charge in [0.2, 0.25) is 47.3 Å². The van der Waals surface area contributed by atoms with Crippen molar-refractivity contribution in [2.75, 3.05) is 13.2 Å². The van der Waals surface area contributed by atoms with Crippen molar-refractivity contribution in [2.24, 2.45) is 5.92 Å². The summed E-state index contributed by atoms with van der Waals surface area (Å²) in [5.74, 6) is -7.91. The number of aromatic amines is 1. The molecule has 4 heterocycles. The number of carbonyl (C=O) groups excluding carboxylic acids is 8. The molecule has 3 fully saturated rings. The van der Waals surface area contributed by atoms with Gasteiger partial charge in [-0.05, 0) is 29.5 Å². The first-order valence-corrected chi connectivity index (χ1v) is 21.3. The Labute approximate surface area is 372 Å². The largest absolute Gasteiger partial charge is 0.394 e. The fourth-order valence-electron chi connectivity index (χ4n) is 7.85. The van der Waals surface area contributed by atoms with E-state index in [0.29, 0.717) is 11.1 Å². The minimum absolute atomic E-state index is 0.0223. The maximum atomic E-state index is 14.4. The molecule has 0 aliphatic carbocycles. The van der Waals surface area contributed by atoms with E-state index in [1.54, 1.807) is 74.6 Å². The van der Waals surface area contributed by atoms with Gasteiger partial charge in [0.1, 0.15) is 60.7 Å². The summed E-state index contributed by atoms with van der Waals surface area (Å²) in [7, 11) is 0. The van der Waals surface area contributed by atoms with E-state index >= 15 is 0 Å². The number of H-pyrrole nitrogens is 1. The molecule has 350 valence electrons. The molecule has 8 amide bonds. The van der Waals surface area contributed by atoms with E-state index in [2.05, 4.69) is 47.5 Å². The zero-order chi connectivity index (χ0) is 46.9. The van der Waals surface area contributed by atoms with Crippen LogP contribution >= 0.6 is 0 Å². The van der Waals surface area contributed by atoms with Gasteiger partial charge in [0.15, 0.2) is 6.23 Å². The van der Waals surface area contributed by atoms with Gasteiger partial charge in [0, 0.05) is 36.5 Å². The second kappa shape index (κ2) is 21.5. The Morgan fingerprint density at radius 2 is 1.28 bits per heavy atom. The van der Waals surface area contributed by atoms with Crippen LogP contribution in [0, 0.1) is 5.92 Å². The third-order valence-electron chi connectivity index (χ3n) is 11.4. The minimum Gasteiger partial charge on any atom is -0.394 e. The van der Waals surface area contributed by atoms with E-state index in [1.165, 1.54) is 0 Å². The first-order valence-electron chi connectivity index (χ1n) is 21.3. The van der Waals surface area contributed by atoms with Gasteiger partial charge in [0.25, 0.3) is 0 Å². The van der Waals surface area contributed by atoms with Crippen LogP contribution in [0.5, 0.6) is 0 Å². The average molecular weight is 906 g/mol. The summed E-state index contributed by atoms with van der Waals surface area (Å²) in [6.07, 6.45) is -8.89. The van der Waals surface area contributed by atoms with E-state index in [-0.39, 0.29) is 25.2 Å². The lowest BCUT2D eigenvalue weighted by molar-refractivity contribution is -0.236. The summed E-state index contributed by atoms with van der Waals surface area (Å²) in [6, 6.07) is 6.55. The SMILES string of the molecule is CC(C)C[C@@H]1NC(=O)[C@H]2CNC(=O)C[C@@H](NC(=O)[C@H](CC(=O)N[C@@H]3O[C@H](CO)[C@@H](O)[C@H](O)[C@@H]3O)NC1=O)C(=O)N[C@@H](Cc1c[nH]c3ccccc13)C(=O)N[C@@H](Cc1ccccc1)C(=O)N2. The average Bonchev–Trinajstić information content (AvgIpc) is 3.68. The first-order chi connectivity index (χ1) is 31.0. The number of nitrogens with one attached hydrogen (secondary N) is 9. The van der Waals surface area contributed by atoms with Crippen molar-refractivity contribution in [1.82, 2.24) is 47.5 Å². The van der Waals surface area contributed by atoms with Crippen molar-refractivity contribution in [1.29, 1.82) is 0 Å². The van der Waals surface area contributed by atoms with E-state index in [4.69, 9.17) is 4.74 Å². The minimum atomic E-state index is -1.90.